The van der Waals surface area contributed by atoms with Gasteiger partial charge in [0.15, 0.2) is 0 Å². The lowest BCUT2D eigenvalue weighted by Gasteiger charge is -2.22. The van der Waals surface area contributed by atoms with Gasteiger partial charge in [-0.2, -0.15) is 4.37 Å². The molecule has 0 saturated heterocycles. The molecule has 3 nitrogen and oxygen atoms in total. The Hall–Kier alpha value is -0.640. The lowest BCUT2D eigenvalue weighted by atomic mass is 9.96. The molecule has 1 heterocycles. The first-order valence-corrected chi connectivity index (χ1v) is 7.10. The largest absolute Gasteiger partial charge is 0.357 e. The zero-order chi connectivity index (χ0) is 11.1. The number of nitrogens with one attached hydrogen (secondary N) is 1. The fourth-order valence-electron chi connectivity index (χ4n) is 3.11. The Kier molecular flexibility index (Phi) is 2.62. The van der Waals surface area contributed by atoms with Gasteiger partial charge in [-0.1, -0.05) is 20.3 Å². The third-order valence-corrected chi connectivity index (χ3v) is 4.67. The molecule has 0 aliphatic heterocycles. The Morgan fingerprint density at radius 3 is 2.75 bits per heavy atom. The van der Waals surface area contributed by atoms with Gasteiger partial charge in [0, 0.05) is 23.5 Å². The summed E-state index contributed by atoms with van der Waals surface area (Å²) < 4.78 is 4.39. The molecular weight excluding hydrogens is 218 g/mol. The minimum absolute atomic E-state index is 0.437. The molecule has 4 heteroatoms. The zero-order valence-electron chi connectivity index (χ0n) is 9.94. The highest BCUT2D eigenvalue weighted by Gasteiger charge is 2.39. The van der Waals surface area contributed by atoms with Gasteiger partial charge in [0.2, 0.25) is 5.13 Å². The predicted molar refractivity (Wildman–Crippen MR) is 66.9 cm³/mol. The van der Waals surface area contributed by atoms with Crippen LogP contribution in [0.1, 0.15) is 51.3 Å². The minimum atomic E-state index is 0.437. The number of anilines is 1. The van der Waals surface area contributed by atoms with Gasteiger partial charge in [-0.15, -0.1) is 0 Å². The lowest BCUT2D eigenvalue weighted by Crippen LogP contribution is -2.25. The highest BCUT2D eigenvalue weighted by molar-refractivity contribution is 7.09. The smallest absolute Gasteiger partial charge is 0.202 e. The molecule has 2 bridgehead atoms. The van der Waals surface area contributed by atoms with Crippen molar-refractivity contribution in [3.8, 4) is 0 Å². The zero-order valence-corrected chi connectivity index (χ0v) is 10.8. The summed E-state index contributed by atoms with van der Waals surface area (Å²) >= 11 is 1.52. The van der Waals surface area contributed by atoms with Gasteiger partial charge in [0.1, 0.15) is 5.82 Å². The molecule has 2 fully saturated rings. The third kappa shape index (κ3) is 1.83. The molecule has 1 aromatic heterocycles. The number of rotatable bonds is 3. The molecule has 2 aliphatic carbocycles. The SMILES string of the molecule is CC(C)c1nsc(NC2CC3CCC2C3)n1. The number of hydrogen-bond acceptors (Lipinski definition) is 4. The molecule has 0 radical (unpaired) electrons. The van der Waals surface area contributed by atoms with Crippen LogP contribution in [0.5, 0.6) is 0 Å². The standard InChI is InChI=1S/C12H19N3S/c1-7(2)11-14-12(16-15-11)13-10-6-8-3-4-9(10)5-8/h7-10H,3-6H2,1-2H3,(H,13,14,15). The Balaban J connectivity index is 1.65. The van der Waals surface area contributed by atoms with Crippen LogP contribution >= 0.6 is 11.5 Å². The highest BCUT2D eigenvalue weighted by Crippen LogP contribution is 2.45. The van der Waals surface area contributed by atoms with Crippen molar-refractivity contribution in [1.29, 1.82) is 0 Å². The van der Waals surface area contributed by atoms with Crippen molar-refractivity contribution < 1.29 is 0 Å². The molecule has 3 rings (SSSR count). The number of fused-ring (bicyclic) bond motifs is 2. The van der Waals surface area contributed by atoms with Gasteiger partial charge in [-0.25, -0.2) is 4.98 Å². The van der Waals surface area contributed by atoms with Crippen molar-refractivity contribution in [3.63, 3.8) is 0 Å². The first kappa shape index (κ1) is 10.5. The van der Waals surface area contributed by atoms with Gasteiger partial charge in [0.05, 0.1) is 0 Å². The maximum absolute atomic E-state index is 4.55. The average molecular weight is 237 g/mol. The van der Waals surface area contributed by atoms with Crippen molar-refractivity contribution in [2.24, 2.45) is 11.8 Å². The van der Waals surface area contributed by atoms with Gasteiger partial charge in [0.25, 0.3) is 0 Å². The van der Waals surface area contributed by atoms with E-state index < -0.39 is 0 Å². The summed E-state index contributed by atoms with van der Waals surface area (Å²) in [6.45, 7) is 4.28. The van der Waals surface area contributed by atoms with E-state index in [2.05, 4.69) is 28.5 Å². The summed E-state index contributed by atoms with van der Waals surface area (Å²) in [5.41, 5.74) is 0. The molecule has 3 atom stereocenters. The van der Waals surface area contributed by atoms with Crippen LogP contribution in [-0.2, 0) is 0 Å². The van der Waals surface area contributed by atoms with E-state index >= 15 is 0 Å². The Morgan fingerprint density at radius 1 is 1.31 bits per heavy atom. The molecule has 1 aromatic rings. The number of hydrogen-bond donors (Lipinski definition) is 1. The van der Waals surface area contributed by atoms with Gasteiger partial charge >= 0.3 is 0 Å². The molecule has 88 valence electrons. The van der Waals surface area contributed by atoms with E-state index in [-0.39, 0.29) is 0 Å². The summed E-state index contributed by atoms with van der Waals surface area (Å²) in [6, 6.07) is 0.673. The second-order valence-electron chi connectivity index (χ2n) is 5.54. The molecule has 0 aromatic carbocycles. The maximum atomic E-state index is 4.55. The van der Waals surface area contributed by atoms with Crippen LogP contribution in [-0.4, -0.2) is 15.4 Å². The molecule has 3 unspecified atom stereocenters. The molecule has 0 amide bonds. The topological polar surface area (TPSA) is 37.8 Å². The van der Waals surface area contributed by atoms with Crippen LogP contribution in [0.3, 0.4) is 0 Å². The second kappa shape index (κ2) is 3.99. The van der Waals surface area contributed by atoms with E-state index in [9.17, 15) is 0 Å². The van der Waals surface area contributed by atoms with E-state index in [1.165, 1.54) is 37.2 Å². The quantitative estimate of drug-likeness (QED) is 0.877. The Labute approximate surface area is 101 Å². The monoisotopic (exact) mass is 237 g/mol. The summed E-state index contributed by atoms with van der Waals surface area (Å²) in [4.78, 5) is 4.55. The van der Waals surface area contributed by atoms with Crippen LogP contribution in [0, 0.1) is 11.8 Å². The molecule has 2 saturated carbocycles. The summed E-state index contributed by atoms with van der Waals surface area (Å²) in [6.07, 6.45) is 5.66. The van der Waals surface area contributed by atoms with E-state index in [0.717, 1.165) is 22.8 Å². The highest BCUT2D eigenvalue weighted by atomic mass is 32.1. The van der Waals surface area contributed by atoms with Gasteiger partial charge in [-0.05, 0) is 31.1 Å². The van der Waals surface area contributed by atoms with Crippen LogP contribution in [0.4, 0.5) is 5.13 Å². The van der Waals surface area contributed by atoms with Gasteiger partial charge in [-0.3, -0.25) is 0 Å². The van der Waals surface area contributed by atoms with E-state index in [1.54, 1.807) is 0 Å². The predicted octanol–water partition coefficient (Wildman–Crippen LogP) is 3.26. The normalized spacial score (nSPS) is 32.6. The van der Waals surface area contributed by atoms with Crippen molar-refractivity contribution in [3.05, 3.63) is 5.82 Å². The fraction of sp³-hybridized carbons (Fsp3) is 0.833. The summed E-state index contributed by atoms with van der Waals surface area (Å²) in [5, 5.41) is 4.62. The van der Waals surface area contributed by atoms with Crippen molar-refractivity contribution >= 4 is 16.7 Å². The fourth-order valence-corrected chi connectivity index (χ4v) is 3.88. The minimum Gasteiger partial charge on any atom is -0.357 e. The van der Waals surface area contributed by atoms with Crippen molar-refractivity contribution in [1.82, 2.24) is 9.36 Å². The first-order valence-electron chi connectivity index (χ1n) is 6.32. The van der Waals surface area contributed by atoms with Crippen molar-refractivity contribution in [2.75, 3.05) is 5.32 Å². The second-order valence-corrected chi connectivity index (χ2v) is 6.29. The van der Waals surface area contributed by atoms with E-state index in [0.29, 0.717) is 12.0 Å². The molecule has 1 N–H and O–H groups in total. The molecule has 0 spiro atoms. The Bertz CT molecular complexity index is 374. The first-order chi connectivity index (χ1) is 7.72. The van der Waals surface area contributed by atoms with Gasteiger partial charge < -0.3 is 5.32 Å². The van der Waals surface area contributed by atoms with E-state index in [4.69, 9.17) is 0 Å². The number of nitrogens with zero attached hydrogens (tertiary/aromatic N) is 2. The molecular formula is C12H19N3S. The maximum Gasteiger partial charge on any atom is 0.202 e. The van der Waals surface area contributed by atoms with Crippen LogP contribution < -0.4 is 5.32 Å². The molecule has 16 heavy (non-hydrogen) atoms. The average Bonchev–Trinajstić information content (AvgIpc) is 2.91. The van der Waals surface area contributed by atoms with E-state index in [1.807, 2.05) is 0 Å². The third-order valence-electron chi connectivity index (χ3n) is 4.01. The van der Waals surface area contributed by atoms with Crippen LogP contribution in [0.25, 0.3) is 0 Å². The molecule has 2 aliphatic rings. The van der Waals surface area contributed by atoms with Crippen LogP contribution in [0.2, 0.25) is 0 Å². The summed E-state index contributed by atoms with van der Waals surface area (Å²) in [7, 11) is 0. The number of aromatic nitrogens is 2. The lowest BCUT2D eigenvalue weighted by molar-refractivity contribution is 0.439. The van der Waals surface area contributed by atoms with Crippen molar-refractivity contribution in [2.45, 2.75) is 51.5 Å². The summed E-state index contributed by atoms with van der Waals surface area (Å²) in [5.74, 6) is 3.30. The Morgan fingerprint density at radius 2 is 2.19 bits per heavy atom. The van der Waals surface area contributed by atoms with Crippen LogP contribution in [0.15, 0.2) is 0 Å².